The van der Waals surface area contributed by atoms with E-state index in [-0.39, 0.29) is 0 Å². The van der Waals surface area contributed by atoms with Gasteiger partial charge in [0, 0.05) is 11.6 Å². The van der Waals surface area contributed by atoms with Crippen LogP contribution in [0.25, 0.3) is 0 Å². The Hall–Kier alpha value is -1.05. The van der Waals surface area contributed by atoms with Crippen molar-refractivity contribution in [3.8, 4) is 0 Å². The predicted molar refractivity (Wildman–Crippen MR) is 70.8 cm³/mol. The van der Waals surface area contributed by atoms with E-state index in [4.69, 9.17) is 10.7 Å². The standard InChI is InChI=1S/C14H24N2/c1-6-9(3)12-8-11(5)13(15)14(16-12)10(4)7-2/h8-10H,6-7,15H2,1-5H3. The van der Waals surface area contributed by atoms with Crippen molar-refractivity contribution in [3.63, 3.8) is 0 Å². The summed E-state index contributed by atoms with van der Waals surface area (Å²) >= 11 is 0. The maximum absolute atomic E-state index is 6.11. The van der Waals surface area contributed by atoms with Crippen LogP contribution in [0.15, 0.2) is 6.07 Å². The van der Waals surface area contributed by atoms with Crippen molar-refractivity contribution in [1.82, 2.24) is 4.98 Å². The molecule has 90 valence electrons. The van der Waals surface area contributed by atoms with E-state index in [1.54, 1.807) is 0 Å². The third-order valence-electron chi connectivity index (χ3n) is 3.51. The average molecular weight is 220 g/mol. The van der Waals surface area contributed by atoms with Gasteiger partial charge in [-0.3, -0.25) is 4.98 Å². The molecular weight excluding hydrogens is 196 g/mol. The molecule has 1 rings (SSSR count). The van der Waals surface area contributed by atoms with E-state index in [2.05, 4.69) is 40.7 Å². The summed E-state index contributed by atoms with van der Waals surface area (Å²) in [6, 6.07) is 2.13. The normalized spacial score (nSPS) is 14.8. The molecule has 1 aromatic heterocycles. The van der Waals surface area contributed by atoms with Gasteiger partial charge < -0.3 is 5.73 Å². The molecule has 0 aliphatic heterocycles. The van der Waals surface area contributed by atoms with E-state index in [1.807, 2.05) is 0 Å². The number of nitrogen functional groups attached to an aromatic ring is 1. The number of hydrogen-bond acceptors (Lipinski definition) is 2. The summed E-state index contributed by atoms with van der Waals surface area (Å²) in [6.07, 6.45) is 2.21. The van der Waals surface area contributed by atoms with Gasteiger partial charge in [-0.15, -0.1) is 0 Å². The van der Waals surface area contributed by atoms with Gasteiger partial charge in [0.05, 0.1) is 11.4 Å². The van der Waals surface area contributed by atoms with Crippen molar-refractivity contribution in [2.24, 2.45) is 0 Å². The molecule has 2 atom stereocenters. The molecule has 2 N–H and O–H groups in total. The van der Waals surface area contributed by atoms with Gasteiger partial charge in [0.25, 0.3) is 0 Å². The Morgan fingerprint density at radius 3 is 2.25 bits per heavy atom. The lowest BCUT2D eigenvalue weighted by atomic mass is 9.96. The van der Waals surface area contributed by atoms with Gasteiger partial charge in [0.15, 0.2) is 0 Å². The summed E-state index contributed by atoms with van der Waals surface area (Å²) in [5, 5.41) is 0. The first-order chi connectivity index (χ1) is 7.51. The lowest BCUT2D eigenvalue weighted by Gasteiger charge is -2.17. The molecule has 0 aliphatic carbocycles. The molecule has 0 radical (unpaired) electrons. The van der Waals surface area contributed by atoms with Crippen molar-refractivity contribution in [2.45, 2.75) is 59.3 Å². The van der Waals surface area contributed by atoms with E-state index in [0.29, 0.717) is 11.8 Å². The molecule has 2 nitrogen and oxygen atoms in total. The Kier molecular flexibility index (Phi) is 4.34. The molecule has 0 saturated carbocycles. The Morgan fingerprint density at radius 2 is 1.75 bits per heavy atom. The fraction of sp³-hybridized carbons (Fsp3) is 0.643. The highest BCUT2D eigenvalue weighted by molar-refractivity contribution is 5.52. The second-order valence-electron chi connectivity index (χ2n) is 4.78. The van der Waals surface area contributed by atoms with E-state index in [0.717, 1.165) is 24.2 Å². The maximum atomic E-state index is 6.11. The Bertz CT molecular complexity index is 358. The monoisotopic (exact) mass is 220 g/mol. The second kappa shape index (κ2) is 5.33. The number of anilines is 1. The molecule has 0 saturated heterocycles. The van der Waals surface area contributed by atoms with Crippen molar-refractivity contribution in [3.05, 3.63) is 23.0 Å². The summed E-state index contributed by atoms with van der Waals surface area (Å²) < 4.78 is 0. The zero-order chi connectivity index (χ0) is 12.3. The van der Waals surface area contributed by atoms with Gasteiger partial charge in [-0.05, 0) is 37.3 Å². The number of aromatic nitrogens is 1. The highest BCUT2D eigenvalue weighted by Crippen LogP contribution is 2.28. The molecule has 16 heavy (non-hydrogen) atoms. The van der Waals surface area contributed by atoms with E-state index >= 15 is 0 Å². The first-order valence-electron chi connectivity index (χ1n) is 6.28. The van der Waals surface area contributed by atoms with Gasteiger partial charge in [0.2, 0.25) is 0 Å². The second-order valence-corrected chi connectivity index (χ2v) is 4.78. The van der Waals surface area contributed by atoms with Crippen molar-refractivity contribution in [1.29, 1.82) is 0 Å². The fourth-order valence-electron chi connectivity index (χ4n) is 1.76. The minimum absolute atomic E-state index is 0.447. The van der Waals surface area contributed by atoms with E-state index in [9.17, 15) is 0 Å². The molecule has 1 heterocycles. The molecule has 0 aromatic carbocycles. The number of aryl methyl sites for hydroxylation is 1. The number of nitrogens with zero attached hydrogens (tertiary/aromatic N) is 1. The molecule has 1 aromatic rings. The van der Waals surface area contributed by atoms with Crippen LogP contribution >= 0.6 is 0 Å². The number of hydrogen-bond donors (Lipinski definition) is 1. The molecule has 0 aliphatic rings. The topological polar surface area (TPSA) is 38.9 Å². The molecule has 0 fully saturated rings. The van der Waals surface area contributed by atoms with Crippen LogP contribution < -0.4 is 5.73 Å². The van der Waals surface area contributed by atoms with Crippen LogP contribution in [0.5, 0.6) is 0 Å². The van der Waals surface area contributed by atoms with E-state index in [1.165, 1.54) is 11.3 Å². The highest BCUT2D eigenvalue weighted by atomic mass is 14.8. The third-order valence-corrected chi connectivity index (χ3v) is 3.51. The van der Waals surface area contributed by atoms with E-state index < -0.39 is 0 Å². The lowest BCUT2D eigenvalue weighted by Crippen LogP contribution is -2.08. The smallest absolute Gasteiger partial charge is 0.0666 e. The lowest BCUT2D eigenvalue weighted by molar-refractivity contribution is 0.667. The summed E-state index contributed by atoms with van der Waals surface area (Å²) in [5.74, 6) is 0.963. The Morgan fingerprint density at radius 1 is 1.19 bits per heavy atom. The summed E-state index contributed by atoms with van der Waals surface area (Å²) in [4.78, 5) is 4.75. The van der Waals surface area contributed by atoms with Crippen LogP contribution in [0.2, 0.25) is 0 Å². The Labute approximate surface area is 99.3 Å². The van der Waals surface area contributed by atoms with Crippen LogP contribution in [-0.4, -0.2) is 4.98 Å². The highest BCUT2D eigenvalue weighted by Gasteiger charge is 2.14. The summed E-state index contributed by atoms with van der Waals surface area (Å²) in [5.41, 5.74) is 10.4. The first kappa shape index (κ1) is 13.0. The van der Waals surface area contributed by atoms with Crippen LogP contribution in [0.4, 0.5) is 5.69 Å². The number of rotatable bonds is 4. The first-order valence-corrected chi connectivity index (χ1v) is 6.28. The Balaban J connectivity index is 3.21. The molecule has 0 amide bonds. The summed E-state index contributed by atoms with van der Waals surface area (Å²) in [6.45, 7) is 10.9. The van der Waals surface area contributed by atoms with Crippen molar-refractivity contribution >= 4 is 5.69 Å². The van der Waals surface area contributed by atoms with Crippen LogP contribution in [0.1, 0.15) is 69.3 Å². The molecule has 0 bridgehead atoms. The number of pyridine rings is 1. The van der Waals surface area contributed by atoms with Crippen LogP contribution in [-0.2, 0) is 0 Å². The van der Waals surface area contributed by atoms with Gasteiger partial charge in [-0.1, -0.05) is 27.7 Å². The van der Waals surface area contributed by atoms with Crippen LogP contribution in [0, 0.1) is 6.92 Å². The zero-order valence-corrected chi connectivity index (χ0v) is 11.2. The largest absolute Gasteiger partial charge is 0.397 e. The van der Waals surface area contributed by atoms with Gasteiger partial charge in [-0.25, -0.2) is 0 Å². The molecule has 2 heteroatoms. The maximum Gasteiger partial charge on any atom is 0.0666 e. The van der Waals surface area contributed by atoms with Gasteiger partial charge in [0.1, 0.15) is 0 Å². The quantitative estimate of drug-likeness (QED) is 0.833. The third kappa shape index (κ3) is 2.55. The minimum atomic E-state index is 0.447. The molecule has 0 spiro atoms. The molecule has 2 unspecified atom stereocenters. The fourth-order valence-corrected chi connectivity index (χ4v) is 1.76. The molecular formula is C14H24N2. The van der Waals surface area contributed by atoms with Crippen LogP contribution in [0.3, 0.4) is 0 Å². The minimum Gasteiger partial charge on any atom is -0.397 e. The van der Waals surface area contributed by atoms with Crippen molar-refractivity contribution < 1.29 is 0 Å². The van der Waals surface area contributed by atoms with Crippen molar-refractivity contribution in [2.75, 3.05) is 5.73 Å². The average Bonchev–Trinajstić information content (AvgIpc) is 2.30. The number of nitrogens with two attached hydrogens (primary N) is 1. The zero-order valence-electron chi connectivity index (χ0n) is 11.2. The SMILES string of the molecule is CCC(C)c1cc(C)c(N)c(C(C)CC)n1. The van der Waals surface area contributed by atoms with Gasteiger partial charge in [-0.2, -0.15) is 0 Å². The summed E-state index contributed by atoms with van der Waals surface area (Å²) in [7, 11) is 0. The predicted octanol–water partition coefficient (Wildman–Crippen LogP) is 4.00. The van der Waals surface area contributed by atoms with Gasteiger partial charge >= 0.3 is 0 Å².